The van der Waals surface area contributed by atoms with E-state index in [1.807, 2.05) is 55.5 Å². The van der Waals surface area contributed by atoms with Crippen LogP contribution in [-0.4, -0.2) is 37.1 Å². The Kier molecular flexibility index (Phi) is 6.95. The summed E-state index contributed by atoms with van der Waals surface area (Å²) in [6.45, 7) is 3.71. The van der Waals surface area contributed by atoms with Gasteiger partial charge in [0.2, 0.25) is 11.8 Å². The molecule has 0 aliphatic carbocycles. The Morgan fingerprint density at radius 1 is 1.06 bits per heavy atom. The molecule has 35 heavy (non-hydrogen) atoms. The maximum atomic E-state index is 13.8. The topological polar surface area (TPSA) is 77.1 Å². The first-order valence-corrected chi connectivity index (χ1v) is 12.5. The molecular weight excluding hydrogens is 462 g/mol. The Hall–Kier alpha value is -3.45. The van der Waals surface area contributed by atoms with Gasteiger partial charge >= 0.3 is 0 Å². The number of fused-ring (bicyclic) bond motifs is 1. The van der Waals surface area contributed by atoms with Crippen LogP contribution in [0.3, 0.4) is 0 Å². The second kappa shape index (κ2) is 10.4. The van der Waals surface area contributed by atoms with Crippen LogP contribution in [0.4, 0.5) is 0 Å². The van der Waals surface area contributed by atoms with Crippen LogP contribution in [0.5, 0.6) is 0 Å². The predicted octanol–water partition coefficient (Wildman–Crippen LogP) is 6.03. The van der Waals surface area contributed by atoms with Crippen molar-refractivity contribution in [1.29, 1.82) is 0 Å². The zero-order chi connectivity index (χ0) is 24.2. The van der Waals surface area contributed by atoms with Crippen LogP contribution >= 0.6 is 11.6 Å². The van der Waals surface area contributed by atoms with E-state index in [9.17, 15) is 4.79 Å². The highest BCUT2D eigenvalue weighted by Crippen LogP contribution is 2.29. The first-order chi connectivity index (χ1) is 17.2. The SMILES string of the molecule is CCCN(Cc1nnc(-c2ccccc2Cl)o1)C(=O)c1nc(-c2ccccc2)n2c1CCCCC2. The van der Waals surface area contributed by atoms with Crippen molar-refractivity contribution in [2.24, 2.45) is 0 Å². The Balaban J connectivity index is 1.46. The zero-order valence-corrected chi connectivity index (χ0v) is 20.5. The molecule has 1 aliphatic heterocycles. The van der Waals surface area contributed by atoms with Gasteiger partial charge in [-0.15, -0.1) is 10.2 Å². The lowest BCUT2D eigenvalue weighted by Gasteiger charge is -2.20. The molecule has 1 aliphatic rings. The number of nitrogens with zero attached hydrogens (tertiary/aromatic N) is 5. The van der Waals surface area contributed by atoms with Crippen LogP contribution in [0.2, 0.25) is 5.02 Å². The summed E-state index contributed by atoms with van der Waals surface area (Å²) in [6.07, 6.45) is 4.94. The van der Waals surface area contributed by atoms with E-state index in [1.165, 1.54) is 0 Å². The van der Waals surface area contributed by atoms with Gasteiger partial charge in [-0.05, 0) is 37.8 Å². The maximum Gasteiger partial charge on any atom is 0.274 e. The molecule has 0 fully saturated rings. The lowest BCUT2D eigenvalue weighted by molar-refractivity contribution is 0.0722. The Morgan fingerprint density at radius 3 is 2.66 bits per heavy atom. The summed E-state index contributed by atoms with van der Waals surface area (Å²) >= 11 is 6.28. The third-order valence-corrected chi connectivity index (χ3v) is 6.61. The van der Waals surface area contributed by atoms with Crippen molar-refractivity contribution in [2.75, 3.05) is 6.54 Å². The van der Waals surface area contributed by atoms with Crippen molar-refractivity contribution in [3.8, 4) is 22.8 Å². The maximum absolute atomic E-state index is 13.8. The molecule has 0 saturated carbocycles. The summed E-state index contributed by atoms with van der Waals surface area (Å²) in [5.41, 5.74) is 3.26. The standard InChI is InChI=1S/C27H28ClN5O2/c1-2-16-32(18-23-30-31-26(35-23)20-13-8-9-14-21(20)28)27(34)24-22-15-7-4-10-17-33(22)25(29-24)19-11-5-3-6-12-19/h3,5-6,8-9,11-14H,2,4,7,10,15-18H2,1H3. The van der Waals surface area contributed by atoms with Gasteiger partial charge in [0.05, 0.1) is 22.8 Å². The fraction of sp³-hybridized carbons (Fsp3) is 0.333. The number of amides is 1. The normalized spacial score (nSPS) is 13.3. The minimum atomic E-state index is -0.0998. The molecule has 0 radical (unpaired) electrons. The number of hydrogen-bond acceptors (Lipinski definition) is 5. The first-order valence-electron chi connectivity index (χ1n) is 12.2. The lowest BCUT2D eigenvalue weighted by Crippen LogP contribution is -2.32. The molecule has 0 saturated heterocycles. The molecule has 4 aromatic rings. The van der Waals surface area contributed by atoms with E-state index >= 15 is 0 Å². The number of hydrogen-bond donors (Lipinski definition) is 0. The minimum Gasteiger partial charge on any atom is -0.419 e. The fourth-order valence-corrected chi connectivity index (χ4v) is 4.81. The molecule has 2 aromatic carbocycles. The first kappa shape index (κ1) is 23.3. The van der Waals surface area contributed by atoms with Crippen LogP contribution in [-0.2, 0) is 19.5 Å². The van der Waals surface area contributed by atoms with Crippen molar-refractivity contribution in [1.82, 2.24) is 24.6 Å². The van der Waals surface area contributed by atoms with Gasteiger partial charge in [-0.25, -0.2) is 4.98 Å². The van der Waals surface area contributed by atoms with E-state index in [1.54, 1.807) is 11.0 Å². The molecule has 180 valence electrons. The number of halogens is 1. The number of carbonyl (C=O) groups excluding carboxylic acids is 1. The molecule has 0 spiro atoms. The van der Waals surface area contributed by atoms with Crippen molar-refractivity contribution in [3.05, 3.63) is 76.9 Å². The van der Waals surface area contributed by atoms with Crippen molar-refractivity contribution in [3.63, 3.8) is 0 Å². The molecule has 0 atom stereocenters. The van der Waals surface area contributed by atoms with Crippen LogP contribution in [0, 0.1) is 0 Å². The zero-order valence-electron chi connectivity index (χ0n) is 19.8. The van der Waals surface area contributed by atoms with Gasteiger partial charge in [-0.3, -0.25) is 4.79 Å². The van der Waals surface area contributed by atoms with Gasteiger partial charge in [0.25, 0.3) is 5.91 Å². The van der Waals surface area contributed by atoms with E-state index in [0.29, 0.717) is 34.6 Å². The van der Waals surface area contributed by atoms with Gasteiger partial charge < -0.3 is 13.9 Å². The minimum absolute atomic E-state index is 0.0998. The van der Waals surface area contributed by atoms with E-state index in [-0.39, 0.29) is 12.5 Å². The number of benzene rings is 2. The van der Waals surface area contributed by atoms with E-state index < -0.39 is 0 Å². The Labute approximate surface area is 209 Å². The molecule has 2 aromatic heterocycles. The summed E-state index contributed by atoms with van der Waals surface area (Å²) in [7, 11) is 0. The summed E-state index contributed by atoms with van der Waals surface area (Å²) < 4.78 is 8.13. The van der Waals surface area contributed by atoms with Crippen LogP contribution < -0.4 is 0 Å². The van der Waals surface area contributed by atoms with Crippen LogP contribution in [0.15, 0.2) is 59.0 Å². The van der Waals surface area contributed by atoms with Gasteiger partial charge in [-0.2, -0.15) is 0 Å². The molecular formula is C27H28ClN5O2. The summed E-state index contributed by atoms with van der Waals surface area (Å²) in [5.74, 6) is 1.48. The van der Waals surface area contributed by atoms with Crippen molar-refractivity contribution in [2.45, 2.75) is 52.1 Å². The molecule has 8 heteroatoms. The van der Waals surface area contributed by atoms with E-state index in [0.717, 1.165) is 55.7 Å². The molecule has 7 nitrogen and oxygen atoms in total. The van der Waals surface area contributed by atoms with Crippen molar-refractivity contribution < 1.29 is 9.21 Å². The third kappa shape index (κ3) is 4.86. The van der Waals surface area contributed by atoms with Crippen LogP contribution in [0.25, 0.3) is 22.8 Å². The second-order valence-electron chi connectivity index (χ2n) is 8.77. The number of imidazole rings is 1. The fourth-order valence-electron chi connectivity index (χ4n) is 4.60. The highest BCUT2D eigenvalue weighted by Gasteiger charge is 2.28. The number of carbonyl (C=O) groups is 1. The van der Waals surface area contributed by atoms with Gasteiger partial charge in [0.15, 0.2) is 0 Å². The highest BCUT2D eigenvalue weighted by atomic mass is 35.5. The Bertz CT molecular complexity index is 1310. The average molecular weight is 490 g/mol. The average Bonchev–Trinajstić information content (AvgIpc) is 3.41. The van der Waals surface area contributed by atoms with E-state index in [4.69, 9.17) is 21.0 Å². The number of aromatic nitrogens is 4. The molecule has 0 N–H and O–H groups in total. The third-order valence-electron chi connectivity index (χ3n) is 6.28. The molecule has 5 rings (SSSR count). The predicted molar refractivity (Wildman–Crippen MR) is 135 cm³/mol. The molecule has 3 heterocycles. The summed E-state index contributed by atoms with van der Waals surface area (Å²) in [5, 5.41) is 8.89. The van der Waals surface area contributed by atoms with Crippen molar-refractivity contribution >= 4 is 17.5 Å². The molecule has 0 bridgehead atoms. The number of rotatable bonds is 7. The largest absolute Gasteiger partial charge is 0.419 e. The summed E-state index contributed by atoms with van der Waals surface area (Å²) in [6, 6.07) is 17.4. The van der Waals surface area contributed by atoms with Gasteiger partial charge in [0.1, 0.15) is 11.5 Å². The van der Waals surface area contributed by atoms with Crippen LogP contribution in [0.1, 0.15) is 54.7 Å². The molecule has 0 unspecified atom stereocenters. The van der Waals surface area contributed by atoms with Gasteiger partial charge in [-0.1, -0.05) is 67.4 Å². The van der Waals surface area contributed by atoms with Gasteiger partial charge in [0, 0.05) is 18.7 Å². The highest BCUT2D eigenvalue weighted by molar-refractivity contribution is 6.33. The second-order valence-corrected chi connectivity index (χ2v) is 9.17. The smallest absolute Gasteiger partial charge is 0.274 e. The molecule has 1 amide bonds. The Morgan fingerprint density at radius 2 is 1.86 bits per heavy atom. The quantitative estimate of drug-likeness (QED) is 0.316. The van der Waals surface area contributed by atoms with E-state index in [2.05, 4.69) is 14.8 Å². The lowest BCUT2D eigenvalue weighted by atomic mass is 10.1. The monoisotopic (exact) mass is 489 g/mol. The summed E-state index contributed by atoms with van der Waals surface area (Å²) in [4.78, 5) is 20.5.